The lowest BCUT2D eigenvalue weighted by molar-refractivity contribution is -0.216. The second kappa shape index (κ2) is 26.0. The van der Waals surface area contributed by atoms with E-state index in [0.29, 0.717) is 83.5 Å². The third kappa shape index (κ3) is 15.7. The number of fused-ring (bicyclic) bond motifs is 1. The summed E-state index contributed by atoms with van der Waals surface area (Å²) in [7, 11) is 0. The molecule has 0 aliphatic rings. The Morgan fingerprint density at radius 2 is 1.11 bits per heavy atom. The zero-order chi connectivity index (χ0) is 47.6. The first-order valence-electron chi connectivity index (χ1n) is 23.1. The zero-order valence-corrected chi connectivity index (χ0v) is 42.1. The number of benzene rings is 4. The Hall–Kier alpha value is -4.73. The van der Waals surface area contributed by atoms with Crippen LogP contribution in [0.25, 0.3) is 10.8 Å². The van der Waals surface area contributed by atoms with Crippen molar-refractivity contribution < 1.29 is 47.7 Å². The monoisotopic (exact) mass is 975 g/mol. The summed E-state index contributed by atoms with van der Waals surface area (Å²) in [5.74, 6) is 3.88. The van der Waals surface area contributed by atoms with Crippen molar-refractivity contribution in [1.29, 1.82) is 0 Å². The van der Waals surface area contributed by atoms with E-state index < -0.39 is 4.32 Å². The summed E-state index contributed by atoms with van der Waals surface area (Å²) in [5, 5.41) is 10.5. The summed E-state index contributed by atoms with van der Waals surface area (Å²) in [6, 6.07) is 22.2. The molecule has 0 spiro atoms. The number of alkyl halides is 1. The van der Waals surface area contributed by atoms with Gasteiger partial charge in [0.1, 0.15) is 60.3 Å². The van der Waals surface area contributed by atoms with Crippen LogP contribution in [0.2, 0.25) is 0 Å². The van der Waals surface area contributed by atoms with Crippen LogP contribution in [-0.2, 0) is 48.4 Å². The SMILES string of the molecule is CC(C)c1cc(COC(=O)C(C)(C)Br)cc(C(C)C)c1OCc1cn(CCOCCOCCOc2cccc3c(OCCOCCOOc4c(C(C)C)cccc4C(C)C)cccc23)nn1. The van der Waals surface area contributed by atoms with E-state index in [0.717, 1.165) is 61.6 Å². The van der Waals surface area contributed by atoms with Crippen molar-refractivity contribution in [3.63, 3.8) is 0 Å². The Balaban J connectivity index is 0.963. The fraction of sp³-hybridized carbons (Fsp3) is 0.519. The predicted octanol–water partition coefficient (Wildman–Crippen LogP) is 11.2. The molecule has 5 rings (SSSR count). The first-order chi connectivity index (χ1) is 31.6. The number of para-hydroxylation sites is 1. The van der Waals surface area contributed by atoms with E-state index >= 15 is 0 Å². The van der Waals surface area contributed by atoms with Crippen molar-refractivity contribution in [3.8, 4) is 23.0 Å². The lowest BCUT2D eigenvalue weighted by Gasteiger charge is -2.22. The number of halogens is 1. The van der Waals surface area contributed by atoms with E-state index in [4.69, 9.17) is 42.9 Å². The molecule has 0 aliphatic carbocycles. The molecule has 0 radical (unpaired) electrons. The predicted molar refractivity (Wildman–Crippen MR) is 260 cm³/mol. The third-order valence-corrected chi connectivity index (χ3v) is 11.0. The Morgan fingerprint density at radius 3 is 1.64 bits per heavy atom. The molecule has 1 heterocycles. The molecule has 0 saturated carbocycles. The smallest absolute Gasteiger partial charge is 0.322 e. The largest absolute Gasteiger partial charge is 0.491 e. The maximum absolute atomic E-state index is 12.4. The molecule has 0 unspecified atom stereocenters. The fourth-order valence-electron chi connectivity index (χ4n) is 7.11. The lowest BCUT2D eigenvalue weighted by Crippen LogP contribution is -2.26. The Labute approximate surface area is 399 Å². The standard InChI is InChI=1S/C52H70BrN3O10/c1-35(2)41-14-11-15-42(36(3)4)50(41)66-65-29-26-60-25-28-62-48-19-13-16-43-44(48)17-12-18-47(43)61-27-24-59-23-22-58-21-20-56-32-40(54-55-56)34-63-49-45(37(5)6)30-39(31-46(49)38(7)8)33-64-51(57)52(9,10)53/h11-19,30-32,35-38H,20-29,33-34H2,1-10H3. The number of nitrogens with zero attached hydrogens (tertiary/aromatic N) is 3. The second-order valence-corrected chi connectivity index (χ2v) is 19.8. The van der Waals surface area contributed by atoms with Crippen LogP contribution in [0.5, 0.6) is 23.0 Å². The second-order valence-electron chi connectivity index (χ2n) is 17.8. The minimum atomic E-state index is -0.746. The lowest BCUT2D eigenvalue weighted by atomic mass is 9.91. The van der Waals surface area contributed by atoms with Crippen LogP contribution in [0.1, 0.15) is 126 Å². The van der Waals surface area contributed by atoms with E-state index in [2.05, 4.69) is 112 Å². The molecular formula is C52H70BrN3O10. The summed E-state index contributed by atoms with van der Waals surface area (Å²) < 4.78 is 42.6. The molecule has 0 fully saturated rings. The first kappa shape index (κ1) is 52.2. The van der Waals surface area contributed by atoms with Gasteiger partial charge in [-0.1, -0.05) is 119 Å². The van der Waals surface area contributed by atoms with Gasteiger partial charge < -0.3 is 38.0 Å². The topological polar surface area (TPSA) is 131 Å². The van der Waals surface area contributed by atoms with Crippen molar-refractivity contribution >= 4 is 32.7 Å². The van der Waals surface area contributed by atoms with Gasteiger partial charge in [-0.15, -0.1) is 5.10 Å². The molecule has 14 heteroatoms. The molecule has 0 bridgehead atoms. The average Bonchev–Trinajstić information content (AvgIpc) is 3.74. The molecule has 0 amide bonds. The van der Waals surface area contributed by atoms with E-state index in [1.165, 1.54) is 0 Å². The molecule has 1 aromatic heterocycles. The van der Waals surface area contributed by atoms with Crippen molar-refractivity contribution in [2.24, 2.45) is 0 Å². The van der Waals surface area contributed by atoms with Gasteiger partial charge in [-0.05, 0) is 78.5 Å². The molecule has 0 atom stereocenters. The van der Waals surface area contributed by atoms with Gasteiger partial charge in [0.25, 0.3) is 0 Å². The molecule has 13 nitrogen and oxygen atoms in total. The van der Waals surface area contributed by atoms with Gasteiger partial charge in [-0.2, -0.15) is 4.89 Å². The highest BCUT2D eigenvalue weighted by Crippen LogP contribution is 2.38. The van der Waals surface area contributed by atoms with Crippen molar-refractivity contribution in [2.45, 2.75) is 117 Å². The first-order valence-corrected chi connectivity index (χ1v) is 23.9. The van der Waals surface area contributed by atoms with Crippen LogP contribution in [-0.4, -0.2) is 84.7 Å². The number of aromatic nitrogens is 3. The van der Waals surface area contributed by atoms with E-state index in [1.54, 1.807) is 18.5 Å². The van der Waals surface area contributed by atoms with Crippen molar-refractivity contribution in [2.75, 3.05) is 59.5 Å². The summed E-state index contributed by atoms with van der Waals surface area (Å²) in [4.78, 5) is 23.7. The minimum Gasteiger partial charge on any atom is -0.491 e. The number of esters is 1. The highest BCUT2D eigenvalue weighted by Gasteiger charge is 2.26. The minimum absolute atomic E-state index is 0.192. The van der Waals surface area contributed by atoms with Gasteiger partial charge in [-0.3, -0.25) is 4.79 Å². The normalized spacial score (nSPS) is 11.9. The average molecular weight is 977 g/mol. The van der Waals surface area contributed by atoms with Gasteiger partial charge in [0.15, 0.2) is 5.75 Å². The van der Waals surface area contributed by atoms with E-state index in [9.17, 15) is 4.79 Å². The summed E-state index contributed by atoms with van der Waals surface area (Å²) in [6.07, 6.45) is 1.87. The number of ether oxygens (including phenoxy) is 7. The highest BCUT2D eigenvalue weighted by molar-refractivity contribution is 9.10. The maximum Gasteiger partial charge on any atom is 0.322 e. The Morgan fingerprint density at radius 1 is 0.606 bits per heavy atom. The zero-order valence-electron chi connectivity index (χ0n) is 40.5. The van der Waals surface area contributed by atoms with Gasteiger partial charge >= 0.3 is 5.97 Å². The van der Waals surface area contributed by atoms with Crippen molar-refractivity contribution in [3.05, 3.63) is 106 Å². The van der Waals surface area contributed by atoms with E-state index in [-0.39, 0.29) is 31.0 Å². The maximum atomic E-state index is 12.4. The van der Waals surface area contributed by atoms with Crippen molar-refractivity contribution in [1.82, 2.24) is 15.0 Å². The number of hydrogen-bond acceptors (Lipinski definition) is 12. The van der Waals surface area contributed by atoms with Gasteiger partial charge in [-0.25, -0.2) is 4.68 Å². The Kier molecular flexibility index (Phi) is 20.6. The fourth-order valence-corrected chi connectivity index (χ4v) is 7.22. The molecule has 5 aromatic rings. The number of rotatable bonds is 29. The Bertz CT molecular complexity index is 2210. The molecule has 4 aromatic carbocycles. The van der Waals surface area contributed by atoms with Gasteiger partial charge in [0.05, 0.1) is 52.4 Å². The quantitative estimate of drug-likeness (QED) is 0.0149. The molecular weight excluding hydrogens is 906 g/mol. The molecule has 66 heavy (non-hydrogen) atoms. The number of hydrogen-bond donors (Lipinski definition) is 0. The number of carbonyl (C=O) groups is 1. The van der Waals surface area contributed by atoms with Crippen LogP contribution in [0.15, 0.2) is 72.9 Å². The van der Waals surface area contributed by atoms with Gasteiger partial charge in [0.2, 0.25) is 0 Å². The molecule has 0 saturated heterocycles. The van der Waals surface area contributed by atoms with E-state index in [1.807, 2.05) is 42.6 Å². The molecule has 0 N–H and O–H groups in total. The third-order valence-electron chi connectivity index (χ3n) is 10.7. The number of carbonyl (C=O) groups excluding carboxylic acids is 1. The highest BCUT2D eigenvalue weighted by atomic mass is 79.9. The van der Waals surface area contributed by atoms with Crippen LogP contribution in [0, 0.1) is 0 Å². The molecule has 0 aliphatic heterocycles. The summed E-state index contributed by atoms with van der Waals surface area (Å²) in [6.45, 7) is 25.3. The van der Waals surface area contributed by atoms with Crippen LogP contribution in [0.4, 0.5) is 0 Å². The summed E-state index contributed by atoms with van der Waals surface area (Å²) in [5.41, 5.74) is 6.02. The van der Waals surface area contributed by atoms with Crippen LogP contribution < -0.4 is 19.1 Å². The molecule has 360 valence electrons. The van der Waals surface area contributed by atoms with Gasteiger partial charge in [0, 0.05) is 21.9 Å². The summed E-state index contributed by atoms with van der Waals surface area (Å²) >= 11 is 3.38. The van der Waals surface area contributed by atoms with Crippen LogP contribution >= 0.6 is 15.9 Å². The van der Waals surface area contributed by atoms with Crippen LogP contribution in [0.3, 0.4) is 0 Å².